The van der Waals surface area contributed by atoms with E-state index in [2.05, 4.69) is 49.9 Å². The highest BCUT2D eigenvalue weighted by Crippen LogP contribution is 2.56. The van der Waals surface area contributed by atoms with Crippen LogP contribution in [0.2, 0.25) is 0 Å². The molecule has 2 heterocycles. The molecule has 0 spiro atoms. The van der Waals surface area contributed by atoms with Crippen LogP contribution in [0, 0.1) is 5.41 Å². The van der Waals surface area contributed by atoms with Crippen molar-refractivity contribution in [1.82, 2.24) is 4.90 Å². The van der Waals surface area contributed by atoms with Gasteiger partial charge in [0.15, 0.2) is 0 Å². The second kappa shape index (κ2) is 7.75. The van der Waals surface area contributed by atoms with Gasteiger partial charge in [-0.15, -0.1) is 6.58 Å². The zero-order chi connectivity index (χ0) is 22.2. The van der Waals surface area contributed by atoms with Gasteiger partial charge in [0.05, 0.1) is 12.0 Å². The predicted molar refractivity (Wildman–Crippen MR) is 127 cm³/mol. The predicted octanol–water partition coefficient (Wildman–Crippen LogP) is 5.71. The summed E-state index contributed by atoms with van der Waals surface area (Å²) in [7, 11) is 0. The molecule has 162 valence electrons. The van der Waals surface area contributed by atoms with E-state index in [1.165, 1.54) is 5.56 Å². The third-order valence-corrected chi connectivity index (χ3v) is 7.11. The largest absolute Gasteiger partial charge is 0.338 e. The first kappa shape index (κ1) is 20.7. The van der Waals surface area contributed by atoms with Crippen molar-refractivity contribution in [2.45, 2.75) is 37.5 Å². The summed E-state index contributed by atoms with van der Waals surface area (Å²) < 4.78 is 7.01. The Morgan fingerprint density at radius 2 is 1.44 bits per heavy atom. The van der Waals surface area contributed by atoms with Gasteiger partial charge in [0.25, 0.3) is 0 Å². The maximum Gasteiger partial charge on any atom is 0.231 e. The van der Waals surface area contributed by atoms with Crippen LogP contribution < -0.4 is 0 Å². The summed E-state index contributed by atoms with van der Waals surface area (Å²) in [5, 5.41) is 0. The Morgan fingerprint density at radius 1 is 0.906 bits per heavy atom. The van der Waals surface area contributed by atoms with E-state index < -0.39 is 16.7 Å². The van der Waals surface area contributed by atoms with Gasteiger partial charge in [-0.05, 0) is 36.5 Å². The van der Waals surface area contributed by atoms with E-state index in [0.29, 0.717) is 25.8 Å². The highest BCUT2D eigenvalue weighted by Gasteiger charge is 2.65. The van der Waals surface area contributed by atoms with Gasteiger partial charge in [0, 0.05) is 6.42 Å². The number of ether oxygens (including phenoxy) is 1. The molecule has 2 aliphatic rings. The van der Waals surface area contributed by atoms with Crippen LogP contribution in [-0.4, -0.2) is 23.1 Å². The minimum Gasteiger partial charge on any atom is -0.338 e. The molecule has 2 fully saturated rings. The number of allylic oxidation sites excluding steroid dienone is 1. The average Bonchev–Trinajstić information content (AvgIpc) is 3.23. The Kier molecular flexibility index (Phi) is 5.02. The molecule has 2 atom stereocenters. The van der Waals surface area contributed by atoms with E-state index in [0.717, 1.165) is 11.1 Å². The second-order valence-electron chi connectivity index (χ2n) is 9.34. The van der Waals surface area contributed by atoms with Gasteiger partial charge in [-0.25, -0.2) is 0 Å². The van der Waals surface area contributed by atoms with Gasteiger partial charge >= 0.3 is 0 Å². The average molecular weight is 424 g/mol. The summed E-state index contributed by atoms with van der Waals surface area (Å²) in [5.41, 5.74) is 1.43. The lowest BCUT2D eigenvalue weighted by molar-refractivity contribution is -0.141. The number of hydrogen-bond acceptors (Lipinski definition) is 2. The molecule has 0 aliphatic carbocycles. The first-order chi connectivity index (χ1) is 15.5. The molecule has 5 rings (SSSR count). The summed E-state index contributed by atoms with van der Waals surface area (Å²) in [6.07, 6.45) is 3.85. The topological polar surface area (TPSA) is 29.5 Å². The molecule has 0 N–H and O–H groups in total. The quantitative estimate of drug-likeness (QED) is 0.475. The van der Waals surface area contributed by atoms with Gasteiger partial charge in [0.1, 0.15) is 11.3 Å². The van der Waals surface area contributed by atoms with Crippen LogP contribution in [0.1, 0.15) is 36.5 Å². The highest BCUT2D eigenvalue weighted by molar-refractivity contribution is 5.87. The fourth-order valence-corrected chi connectivity index (χ4v) is 5.78. The maximum atomic E-state index is 14.1. The Labute approximate surface area is 190 Å². The number of fused-ring (bicyclic) bond motifs is 1. The highest BCUT2D eigenvalue weighted by atomic mass is 16.6. The van der Waals surface area contributed by atoms with Crippen molar-refractivity contribution in [3.05, 3.63) is 120 Å². The Balaban J connectivity index is 1.56. The third kappa shape index (κ3) is 3.20. The summed E-state index contributed by atoms with van der Waals surface area (Å²) in [6.45, 7) is 6.56. The van der Waals surface area contributed by atoms with Crippen molar-refractivity contribution in [1.29, 1.82) is 0 Å². The van der Waals surface area contributed by atoms with Crippen LogP contribution in [0.5, 0.6) is 0 Å². The lowest BCUT2D eigenvalue weighted by Crippen LogP contribution is -2.41. The normalized spacial score (nSPS) is 26.2. The smallest absolute Gasteiger partial charge is 0.231 e. The molecular weight excluding hydrogens is 394 g/mol. The molecule has 2 saturated heterocycles. The van der Waals surface area contributed by atoms with E-state index >= 15 is 0 Å². The third-order valence-electron chi connectivity index (χ3n) is 7.11. The van der Waals surface area contributed by atoms with Crippen molar-refractivity contribution in [3.8, 4) is 0 Å². The molecule has 2 aliphatic heterocycles. The number of nitrogens with zero attached hydrogens (tertiary/aromatic N) is 1. The zero-order valence-corrected chi connectivity index (χ0v) is 18.5. The molecular formula is C29H29NO2. The van der Waals surface area contributed by atoms with Crippen molar-refractivity contribution in [2.75, 3.05) is 6.54 Å². The number of rotatable bonds is 6. The maximum absolute atomic E-state index is 14.1. The first-order valence-corrected chi connectivity index (χ1v) is 11.3. The van der Waals surface area contributed by atoms with Gasteiger partial charge in [0.2, 0.25) is 5.91 Å². The molecule has 3 aromatic rings. The van der Waals surface area contributed by atoms with Gasteiger partial charge in [-0.3, -0.25) is 4.79 Å². The molecule has 3 aromatic carbocycles. The lowest BCUT2D eigenvalue weighted by Gasteiger charge is -2.34. The molecule has 0 unspecified atom stereocenters. The fraction of sp³-hybridized carbons (Fsp3) is 0.276. The van der Waals surface area contributed by atoms with Crippen molar-refractivity contribution in [2.24, 2.45) is 5.41 Å². The number of carbonyl (C=O) groups is 1. The van der Waals surface area contributed by atoms with Crippen molar-refractivity contribution < 1.29 is 9.53 Å². The summed E-state index contributed by atoms with van der Waals surface area (Å²) in [4.78, 5) is 16.0. The molecule has 0 bridgehead atoms. The van der Waals surface area contributed by atoms with E-state index in [1.807, 2.05) is 65.6 Å². The Morgan fingerprint density at radius 3 is 1.94 bits per heavy atom. The minimum atomic E-state index is -0.681. The molecule has 1 amide bonds. The van der Waals surface area contributed by atoms with Crippen LogP contribution in [0.25, 0.3) is 0 Å². The van der Waals surface area contributed by atoms with Crippen LogP contribution in [0.15, 0.2) is 104 Å². The van der Waals surface area contributed by atoms with Crippen LogP contribution in [0.3, 0.4) is 0 Å². The Bertz CT molecular complexity index is 1070. The standard InChI is InChI=1S/C29H29NO2/c1-3-19-28(20-23-13-7-4-8-14-23)21-27(2)30(26(28)31)22-29(32-27,24-15-9-5-10-16-24)25-17-11-6-12-18-25/h3-18H,1,19-22H2,2H3/t27-,28+/m1/s1. The fourth-order valence-electron chi connectivity index (χ4n) is 5.78. The molecule has 32 heavy (non-hydrogen) atoms. The minimum absolute atomic E-state index is 0.164. The van der Waals surface area contributed by atoms with E-state index in [1.54, 1.807) is 0 Å². The number of carbonyl (C=O) groups excluding carboxylic acids is 1. The van der Waals surface area contributed by atoms with Gasteiger partial charge < -0.3 is 9.64 Å². The SMILES string of the molecule is C=CC[C@]1(Cc2ccccc2)C[C@@]2(C)OC(c3ccccc3)(c3ccccc3)CN2C1=O. The number of benzene rings is 3. The zero-order valence-electron chi connectivity index (χ0n) is 18.5. The van der Waals surface area contributed by atoms with Crippen molar-refractivity contribution >= 4 is 5.91 Å². The summed E-state index contributed by atoms with van der Waals surface area (Å²) in [5.74, 6) is 0.164. The molecule has 3 heteroatoms. The molecule has 3 nitrogen and oxygen atoms in total. The van der Waals surface area contributed by atoms with Crippen molar-refractivity contribution in [3.63, 3.8) is 0 Å². The van der Waals surface area contributed by atoms with Crippen LogP contribution in [-0.2, 0) is 21.6 Å². The summed E-state index contributed by atoms with van der Waals surface area (Å²) in [6, 6.07) is 30.9. The second-order valence-corrected chi connectivity index (χ2v) is 9.34. The van der Waals surface area contributed by atoms with Crippen LogP contribution in [0.4, 0.5) is 0 Å². The van der Waals surface area contributed by atoms with E-state index in [9.17, 15) is 4.79 Å². The van der Waals surface area contributed by atoms with Crippen LogP contribution >= 0.6 is 0 Å². The monoisotopic (exact) mass is 423 g/mol. The molecule has 0 radical (unpaired) electrons. The van der Waals surface area contributed by atoms with E-state index in [-0.39, 0.29) is 5.91 Å². The number of hydrogen-bond donors (Lipinski definition) is 0. The molecule has 0 aromatic heterocycles. The van der Waals surface area contributed by atoms with Gasteiger partial charge in [-0.2, -0.15) is 0 Å². The Hall–Kier alpha value is -3.17. The lowest BCUT2D eigenvalue weighted by atomic mass is 9.75. The van der Waals surface area contributed by atoms with E-state index in [4.69, 9.17) is 4.74 Å². The summed E-state index contributed by atoms with van der Waals surface area (Å²) >= 11 is 0. The number of amides is 1. The molecule has 0 saturated carbocycles. The first-order valence-electron chi connectivity index (χ1n) is 11.3. The van der Waals surface area contributed by atoms with Gasteiger partial charge in [-0.1, -0.05) is 97.1 Å².